The van der Waals surface area contributed by atoms with Gasteiger partial charge in [-0.15, -0.1) is 5.10 Å². The van der Waals surface area contributed by atoms with Crippen LogP contribution in [0.4, 0.5) is 0 Å². The normalized spacial score (nSPS) is 8.89. The molecule has 0 unspecified atom stereocenters. The third-order valence-corrected chi connectivity index (χ3v) is 0.742. The van der Waals surface area contributed by atoms with Gasteiger partial charge in [0.25, 0.3) is 5.78 Å². The van der Waals surface area contributed by atoms with Crippen molar-refractivity contribution in [3.05, 3.63) is 12.2 Å². The summed E-state index contributed by atoms with van der Waals surface area (Å²) in [5.41, 5.74) is 0. The van der Waals surface area contributed by atoms with Crippen molar-refractivity contribution in [2.75, 3.05) is 0 Å². The average molecular weight is 125 g/mol. The fraction of sp³-hybridized carbons (Fsp3) is 0. The lowest BCUT2D eigenvalue weighted by molar-refractivity contribution is -0.104. The summed E-state index contributed by atoms with van der Waals surface area (Å²) in [7, 11) is 0. The van der Waals surface area contributed by atoms with E-state index in [9.17, 15) is 9.59 Å². The third kappa shape index (κ3) is 0.987. The van der Waals surface area contributed by atoms with Crippen molar-refractivity contribution in [2.45, 2.75) is 0 Å². The van der Waals surface area contributed by atoms with Gasteiger partial charge in [-0.2, -0.15) is 0 Å². The zero-order chi connectivity index (χ0) is 6.69. The highest BCUT2D eigenvalue weighted by molar-refractivity contribution is 6.31. The second-order valence-electron chi connectivity index (χ2n) is 1.30. The number of hydrogen-bond acceptors (Lipinski definition) is 4. The van der Waals surface area contributed by atoms with Gasteiger partial charge >= 0.3 is 0 Å². The number of hydrogen-bond donors (Lipinski definition) is 1. The van der Waals surface area contributed by atoms with E-state index >= 15 is 0 Å². The van der Waals surface area contributed by atoms with Crippen LogP contribution in [0.1, 0.15) is 10.6 Å². The molecule has 0 aliphatic rings. The van der Waals surface area contributed by atoms with Crippen LogP contribution >= 0.6 is 0 Å². The number of carbonyl (C=O) groups is 2. The predicted octanol–water partition coefficient (Wildman–Crippen LogP) is -0.814. The number of H-pyrrole nitrogens is 1. The number of rotatable bonds is 2. The molecule has 0 fully saturated rings. The van der Waals surface area contributed by atoms with E-state index in [0.717, 1.165) is 0 Å². The summed E-state index contributed by atoms with van der Waals surface area (Å²) < 4.78 is 0. The maximum absolute atomic E-state index is 10.4. The highest BCUT2D eigenvalue weighted by atomic mass is 16.2. The molecule has 0 amide bonds. The van der Waals surface area contributed by atoms with Crippen molar-refractivity contribution >= 4 is 12.1 Å². The monoisotopic (exact) mass is 125 g/mol. The molecule has 5 heteroatoms. The number of aromatic amines is 1. The molecular weight excluding hydrogens is 122 g/mol. The predicted molar refractivity (Wildman–Crippen MR) is 26.8 cm³/mol. The minimum Gasteiger partial charge on any atom is -0.294 e. The quantitative estimate of drug-likeness (QED) is 0.318. The minimum absolute atomic E-state index is 0.0926. The summed E-state index contributed by atoms with van der Waals surface area (Å²) in [5, 5.41) is 5.67. The first-order valence-electron chi connectivity index (χ1n) is 2.20. The van der Waals surface area contributed by atoms with Crippen LogP contribution < -0.4 is 0 Å². The molecule has 5 nitrogen and oxygen atoms in total. The van der Waals surface area contributed by atoms with E-state index in [0.29, 0.717) is 0 Å². The molecule has 0 saturated carbocycles. The Balaban J connectivity index is 2.89. The van der Waals surface area contributed by atoms with E-state index in [1.54, 1.807) is 0 Å². The second-order valence-corrected chi connectivity index (χ2v) is 1.30. The van der Waals surface area contributed by atoms with E-state index < -0.39 is 5.78 Å². The maximum atomic E-state index is 10.4. The lowest BCUT2D eigenvalue weighted by atomic mass is 10.4. The minimum atomic E-state index is -0.712. The van der Waals surface area contributed by atoms with Gasteiger partial charge in [-0.05, 0) is 0 Å². The van der Waals surface area contributed by atoms with Crippen molar-refractivity contribution in [1.82, 2.24) is 15.2 Å². The molecule has 0 radical (unpaired) electrons. The van der Waals surface area contributed by atoms with Crippen molar-refractivity contribution < 1.29 is 9.59 Å². The zero-order valence-electron chi connectivity index (χ0n) is 4.37. The third-order valence-electron chi connectivity index (χ3n) is 0.742. The molecule has 0 spiro atoms. The van der Waals surface area contributed by atoms with Gasteiger partial charge in [-0.3, -0.25) is 14.7 Å². The molecule has 1 N–H and O–H groups in total. The summed E-state index contributed by atoms with van der Waals surface area (Å²) in [6.07, 6.45) is 1.40. The molecule has 1 aromatic rings. The summed E-state index contributed by atoms with van der Waals surface area (Å²) in [6, 6.07) is 0. The number of aldehydes is 1. The van der Waals surface area contributed by atoms with Crippen LogP contribution in [-0.2, 0) is 4.79 Å². The molecule has 0 aliphatic heterocycles. The molecule has 1 heterocycles. The van der Waals surface area contributed by atoms with Crippen LogP contribution in [0.3, 0.4) is 0 Å². The van der Waals surface area contributed by atoms with E-state index in [1.165, 1.54) is 6.33 Å². The summed E-state index contributed by atoms with van der Waals surface area (Å²) >= 11 is 0. The Morgan fingerprint density at radius 1 is 1.78 bits per heavy atom. The first-order chi connectivity index (χ1) is 4.34. The summed E-state index contributed by atoms with van der Waals surface area (Å²) in [5.74, 6) is -0.804. The van der Waals surface area contributed by atoms with Gasteiger partial charge in [0.2, 0.25) is 5.82 Å². The van der Waals surface area contributed by atoms with Crippen LogP contribution in [0.2, 0.25) is 0 Å². The summed E-state index contributed by atoms with van der Waals surface area (Å²) in [4.78, 5) is 23.6. The number of Topliss-reactive ketones (excluding diaryl/α,β-unsaturated/α-hetero) is 1. The molecule has 46 valence electrons. The lowest BCUT2D eigenvalue weighted by Gasteiger charge is -1.75. The van der Waals surface area contributed by atoms with Crippen molar-refractivity contribution in [3.8, 4) is 0 Å². The van der Waals surface area contributed by atoms with Crippen LogP contribution in [-0.4, -0.2) is 27.3 Å². The number of nitrogens with one attached hydrogen (secondary N) is 1. The smallest absolute Gasteiger partial charge is 0.264 e. The Morgan fingerprint density at radius 2 is 2.56 bits per heavy atom. The van der Waals surface area contributed by atoms with Crippen LogP contribution in [0.15, 0.2) is 6.33 Å². The lowest BCUT2D eigenvalue weighted by Crippen LogP contribution is -2.01. The molecule has 1 rings (SSSR count). The van der Waals surface area contributed by atoms with Crippen molar-refractivity contribution in [3.63, 3.8) is 0 Å². The standard InChI is InChI=1S/C4H3N3O2/c8-1-3(9)4-5-2-6-7-4/h1-2H,(H,5,6,7). The number of carbonyl (C=O) groups excluding carboxylic acids is 2. The van der Waals surface area contributed by atoms with E-state index in [1.807, 2.05) is 0 Å². The topological polar surface area (TPSA) is 75.7 Å². The molecule has 0 bridgehead atoms. The Hall–Kier alpha value is -1.52. The van der Waals surface area contributed by atoms with Crippen molar-refractivity contribution in [1.29, 1.82) is 0 Å². The Bertz CT molecular complexity index is 216. The van der Waals surface area contributed by atoms with E-state index in [2.05, 4.69) is 15.2 Å². The zero-order valence-corrected chi connectivity index (χ0v) is 4.37. The van der Waals surface area contributed by atoms with Gasteiger partial charge in [0.1, 0.15) is 6.33 Å². The van der Waals surface area contributed by atoms with Gasteiger partial charge in [0, 0.05) is 0 Å². The fourth-order valence-electron chi connectivity index (χ4n) is 0.380. The fourth-order valence-corrected chi connectivity index (χ4v) is 0.380. The molecule has 0 atom stereocenters. The van der Waals surface area contributed by atoms with Gasteiger partial charge < -0.3 is 0 Å². The van der Waals surface area contributed by atoms with Crippen LogP contribution in [0.5, 0.6) is 0 Å². The van der Waals surface area contributed by atoms with Gasteiger partial charge in [-0.25, -0.2) is 4.98 Å². The maximum Gasteiger partial charge on any atom is 0.264 e. The highest BCUT2D eigenvalue weighted by Crippen LogP contribution is 1.82. The van der Waals surface area contributed by atoms with Gasteiger partial charge in [0.15, 0.2) is 6.29 Å². The van der Waals surface area contributed by atoms with Gasteiger partial charge in [0.05, 0.1) is 0 Å². The summed E-state index contributed by atoms with van der Waals surface area (Å²) in [6.45, 7) is 0. The molecule has 0 aromatic carbocycles. The van der Waals surface area contributed by atoms with Crippen molar-refractivity contribution in [2.24, 2.45) is 0 Å². The SMILES string of the molecule is O=CC(=O)c1nc[nH]n1. The Kier molecular flexibility index (Phi) is 1.35. The highest BCUT2D eigenvalue weighted by Gasteiger charge is 2.05. The van der Waals surface area contributed by atoms with Gasteiger partial charge in [-0.1, -0.05) is 0 Å². The number of aromatic nitrogens is 3. The first kappa shape index (κ1) is 5.61. The molecular formula is C4H3N3O2. The average Bonchev–Trinajstić information content (AvgIpc) is 2.37. The molecule has 1 aromatic heterocycles. The Labute approximate surface area is 50.1 Å². The largest absolute Gasteiger partial charge is 0.294 e. The van der Waals surface area contributed by atoms with Crippen LogP contribution in [0, 0.1) is 0 Å². The van der Waals surface area contributed by atoms with E-state index in [-0.39, 0.29) is 12.1 Å². The first-order valence-corrected chi connectivity index (χ1v) is 2.20. The second kappa shape index (κ2) is 2.17. The molecule has 9 heavy (non-hydrogen) atoms. The van der Waals surface area contributed by atoms with E-state index in [4.69, 9.17) is 0 Å². The molecule has 0 saturated heterocycles. The van der Waals surface area contributed by atoms with Crippen LogP contribution in [0.25, 0.3) is 0 Å². The number of nitrogens with zero attached hydrogens (tertiary/aromatic N) is 2. The molecule has 0 aliphatic carbocycles. The Morgan fingerprint density at radius 3 is 3.00 bits per heavy atom. The number of ketones is 1.